The van der Waals surface area contributed by atoms with Crippen molar-refractivity contribution in [3.63, 3.8) is 0 Å². The molecule has 4 heteroatoms. The van der Waals surface area contributed by atoms with E-state index in [9.17, 15) is 0 Å². The first-order chi connectivity index (χ1) is 9.54. The van der Waals surface area contributed by atoms with Gasteiger partial charge in [-0.15, -0.1) is 0 Å². The molecule has 0 aliphatic rings. The van der Waals surface area contributed by atoms with Crippen LogP contribution < -0.4 is 10.1 Å². The fourth-order valence-corrected chi connectivity index (χ4v) is 2.19. The summed E-state index contributed by atoms with van der Waals surface area (Å²) in [7, 11) is 4.12. The Morgan fingerprint density at radius 1 is 1.35 bits per heavy atom. The van der Waals surface area contributed by atoms with E-state index in [1.165, 1.54) is 5.56 Å². The first kappa shape index (κ1) is 17.3. The molecule has 0 heterocycles. The molecule has 20 heavy (non-hydrogen) atoms. The Morgan fingerprint density at radius 3 is 2.70 bits per heavy atom. The Morgan fingerprint density at radius 2 is 2.10 bits per heavy atom. The Hall–Kier alpha value is -0.770. The molecule has 0 radical (unpaired) electrons. The summed E-state index contributed by atoms with van der Waals surface area (Å²) in [4.78, 5) is 2.15. The maximum atomic E-state index is 6.29. The standard InChI is InChI=1S/C16H27ClN2O/c1-5-9-18-13(2)14-7-8-16(15(17)12-14)20-11-6-10-19(3)4/h7-8,12-13,18H,5-6,9-11H2,1-4H3. The lowest BCUT2D eigenvalue weighted by Crippen LogP contribution is -2.19. The van der Waals surface area contributed by atoms with Crippen molar-refractivity contribution in [3.8, 4) is 5.75 Å². The van der Waals surface area contributed by atoms with E-state index in [0.29, 0.717) is 17.7 Å². The molecule has 1 aromatic carbocycles. The predicted molar refractivity (Wildman–Crippen MR) is 86.8 cm³/mol. The third-order valence-corrected chi connectivity index (χ3v) is 3.46. The molecule has 0 aromatic heterocycles. The summed E-state index contributed by atoms with van der Waals surface area (Å²) >= 11 is 6.29. The number of benzene rings is 1. The van der Waals surface area contributed by atoms with Crippen molar-refractivity contribution in [3.05, 3.63) is 28.8 Å². The summed E-state index contributed by atoms with van der Waals surface area (Å²) in [5, 5.41) is 4.15. The normalized spacial score (nSPS) is 12.7. The maximum Gasteiger partial charge on any atom is 0.137 e. The lowest BCUT2D eigenvalue weighted by molar-refractivity contribution is 0.281. The Labute approximate surface area is 128 Å². The molecule has 0 saturated heterocycles. The van der Waals surface area contributed by atoms with Gasteiger partial charge in [0, 0.05) is 12.6 Å². The Kier molecular flexibility index (Phi) is 7.97. The number of hydrogen-bond acceptors (Lipinski definition) is 3. The van der Waals surface area contributed by atoms with Crippen molar-refractivity contribution in [2.45, 2.75) is 32.7 Å². The van der Waals surface area contributed by atoms with E-state index in [4.69, 9.17) is 16.3 Å². The lowest BCUT2D eigenvalue weighted by atomic mass is 10.1. The van der Waals surface area contributed by atoms with Crippen LogP contribution in [0.5, 0.6) is 5.75 Å². The van der Waals surface area contributed by atoms with Crippen LogP contribution in [0, 0.1) is 0 Å². The summed E-state index contributed by atoms with van der Waals surface area (Å²) in [5.74, 6) is 0.775. The molecule has 1 atom stereocenters. The third kappa shape index (κ3) is 6.12. The highest BCUT2D eigenvalue weighted by Gasteiger charge is 2.08. The molecular formula is C16H27ClN2O. The summed E-state index contributed by atoms with van der Waals surface area (Å²) < 4.78 is 5.72. The van der Waals surface area contributed by atoms with Crippen molar-refractivity contribution in [1.29, 1.82) is 0 Å². The highest BCUT2D eigenvalue weighted by atomic mass is 35.5. The third-order valence-electron chi connectivity index (χ3n) is 3.16. The summed E-state index contributed by atoms with van der Waals surface area (Å²) in [6, 6.07) is 6.36. The van der Waals surface area contributed by atoms with E-state index in [-0.39, 0.29) is 0 Å². The molecule has 0 saturated carbocycles. The fourth-order valence-electron chi connectivity index (χ4n) is 1.95. The highest BCUT2D eigenvalue weighted by molar-refractivity contribution is 6.32. The minimum absolute atomic E-state index is 0.315. The van der Waals surface area contributed by atoms with Crippen LogP contribution in [0.15, 0.2) is 18.2 Å². The SMILES string of the molecule is CCCNC(C)c1ccc(OCCCN(C)C)c(Cl)c1. The van der Waals surface area contributed by atoms with Crippen LogP contribution in [0.4, 0.5) is 0 Å². The van der Waals surface area contributed by atoms with Gasteiger partial charge in [-0.3, -0.25) is 0 Å². The van der Waals surface area contributed by atoms with Crippen molar-refractivity contribution >= 4 is 11.6 Å². The second kappa shape index (κ2) is 9.22. The quantitative estimate of drug-likeness (QED) is 0.703. The number of hydrogen-bond donors (Lipinski definition) is 1. The molecule has 0 bridgehead atoms. The van der Waals surface area contributed by atoms with Crippen LogP contribution in [0.2, 0.25) is 5.02 Å². The second-order valence-electron chi connectivity index (χ2n) is 5.37. The van der Waals surface area contributed by atoms with Crippen LogP contribution in [0.1, 0.15) is 38.3 Å². The van der Waals surface area contributed by atoms with E-state index in [2.05, 4.69) is 44.2 Å². The first-order valence-corrected chi connectivity index (χ1v) is 7.72. The zero-order chi connectivity index (χ0) is 15.0. The number of nitrogens with one attached hydrogen (secondary N) is 1. The number of halogens is 1. The van der Waals surface area contributed by atoms with Gasteiger partial charge in [0.25, 0.3) is 0 Å². The largest absolute Gasteiger partial charge is 0.492 e. The van der Waals surface area contributed by atoms with Crippen molar-refractivity contribution in [1.82, 2.24) is 10.2 Å². The van der Waals surface area contributed by atoms with Gasteiger partial charge in [0.2, 0.25) is 0 Å². The predicted octanol–water partition coefficient (Wildman–Crippen LogP) is 3.73. The number of rotatable bonds is 9. The van der Waals surface area contributed by atoms with E-state index in [1.54, 1.807) is 0 Å². The topological polar surface area (TPSA) is 24.5 Å². The fraction of sp³-hybridized carbons (Fsp3) is 0.625. The zero-order valence-corrected chi connectivity index (χ0v) is 13.8. The lowest BCUT2D eigenvalue weighted by Gasteiger charge is -2.16. The molecule has 0 amide bonds. The van der Waals surface area contributed by atoms with Crippen LogP contribution >= 0.6 is 11.6 Å². The number of nitrogens with zero attached hydrogens (tertiary/aromatic N) is 1. The minimum atomic E-state index is 0.315. The van der Waals surface area contributed by atoms with Crippen molar-refractivity contribution in [2.75, 3.05) is 33.8 Å². The van der Waals surface area contributed by atoms with Gasteiger partial charge in [-0.2, -0.15) is 0 Å². The van der Waals surface area contributed by atoms with E-state index in [0.717, 1.165) is 31.7 Å². The van der Waals surface area contributed by atoms with E-state index in [1.807, 2.05) is 12.1 Å². The average molecular weight is 299 g/mol. The van der Waals surface area contributed by atoms with Crippen LogP contribution in [0.3, 0.4) is 0 Å². The van der Waals surface area contributed by atoms with Gasteiger partial charge in [0.15, 0.2) is 0 Å². The molecule has 1 rings (SSSR count). The average Bonchev–Trinajstić information content (AvgIpc) is 2.42. The van der Waals surface area contributed by atoms with E-state index < -0.39 is 0 Å². The summed E-state index contributed by atoms with van der Waals surface area (Å²) in [6.45, 7) is 7.05. The second-order valence-corrected chi connectivity index (χ2v) is 5.78. The first-order valence-electron chi connectivity index (χ1n) is 7.35. The van der Waals surface area contributed by atoms with Gasteiger partial charge < -0.3 is 15.0 Å². The molecule has 1 unspecified atom stereocenters. The molecule has 1 N–H and O–H groups in total. The molecular weight excluding hydrogens is 272 g/mol. The van der Waals surface area contributed by atoms with Gasteiger partial charge in [-0.1, -0.05) is 24.6 Å². The highest BCUT2D eigenvalue weighted by Crippen LogP contribution is 2.28. The van der Waals surface area contributed by atoms with Crippen LogP contribution in [-0.2, 0) is 0 Å². The van der Waals surface area contributed by atoms with Crippen LogP contribution in [0.25, 0.3) is 0 Å². The van der Waals surface area contributed by atoms with Gasteiger partial charge in [0.1, 0.15) is 5.75 Å². The van der Waals surface area contributed by atoms with Crippen molar-refractivity contribution < 1.29 is 4.74 Å². The minimum Gasteiger partial charge on any atom is -0.492 e. The Bertz CT molecular complexity index is 396. The smallest absolute Gasteiger partial charge is 0.137 e. The molecule has 114 valence electrons. The monoisotopic (exact) mass is 298 g/mol. The molecule has 3 nitrogen and oxygen atoms in total. The maximum absolute atomic E-state index is 6.29. The number of ether oxygens (including phenoxy) is 1. The molecule has 1 aromatic rings. The molecule has 0 spiro atoms. The summed E-state index contributed by atoms with van der Waals surface area (Å²) in [5.41, 5.74) is 1.20. The summed E-state index contributed by atoms with van der Waals surface area (Å²) in [6.07, 6.45) is 2.13. The van der Waals surface area contributed by atoms with Gasteiger partial charge in [-0.05, 0) is 58.1 Å². The molecule has 0 aliphatic carbocycles. The Balaban J connectivity index is 2.50. The van der Waals surface area contributed by atoms with Crippen molar-refractivity contribution in [2.24, 2.45) is 0 Å². The van der Waals surface area contributed by atoms with Gasteiger partial charge in [-0.25, -0.2) is 0 Å². The van der Waals surface area contributed by atoms with Gasteiger partial charge in [0.05, 0.1) is 11.6 Å². The van der Waals surface area contributed by atoms with Crippen LogP contribution in [-0.4, -0.2) is 38.7 Å². The molecule has 0 aliphatic heterocycles. The van der Waals surface area contributed by atoms with E-state index >= 15 is 0 Å². The van der Waals surface area contributed by atoms with Gasteiger partial charge >= 0.3 is 0 Å². The molecule has 0 fully saturated rings. The zero-order valence-electron chi connectivity index (χ0n) is 13.1.